The van der Waals surface area contributed by atoms with E-state index in [1.165, 1.54) is 49.7 Å². The third kappa shape index (κ3) is 9.19. The molecule has 0 bridgehead atoms. The van der Waals surface area contributed by atoms with Crippen molar-refractivity contribution in [3.05, 3.63) is 82.9 Å². The van der Waals surface area contributed by atoms with Crippen LogP contribution in [0.2, 0.25) is 0 Å². The summed E-state index contributed by atoms with van der Waals surface area (Å²) >= 11 is 0. The summed E-state index contributed by atoms with van der Waals surface area (Å²) in [6.07, 6.45) is 19.1. The largest absolute Gasteiger partial charge is 0.495 e. The van der Waals surface area contributed by atoms with Gasteiger partial charge in [0.15, 0.2) is 0 Å². The third-order valence-electron chi connectivity index (χ3n) is 7.85. The highest BCUT2D eigenvalue weighted by Crippen LogP contribution is 2.40. The molecule has 2 aliphatic carbocycles. The van der Waals surface area contributed by atoms with Crippen LogP contribution in [-0.2, 0) is 20.6 Å². The van der Waals surface area contributed by atoms with Crippen molar-refractivity contribution in [1.29, 1.82) is 0 Å². The predicted molar refractivity (Wildman–Crippen MR) is 153 cm³/mol. The van der Waals surface area contributed by atoms with Crippen molar-refractivity contribution < 1.29 is 19.3 Å². The van der Waals surface area contributed by atoms with Gasteiger partial charge in [-0.05, 0) is 92.0 Å². The summed E-state index contributed by atoms with van der Waals surface area (Å²) in [5, 5.41) is 9.23. The highest BCUT2D eigenvalue weighted by molar-refractivity contribution is 5.40. The number of aliphatic hydroxyl groups excluding tert-OH is 1. The van der Waals surface area contributed by atoms with Crippen molar-refractivity contribution in [2.75, 3.05) is 33.5 Å². The van der Waals surface area contributed by atoms with Gasteiger partial charge in [0.25, 0.3) is 0 Å². The van der Waals surface area contributed by atoms with E-state index in [0.29, 0.717) is 32.2 Å². The fourth-order valence-electron chi connectivity index (χ4n) is 5.61. The molecule has 1 saturated carbocycles. The van der Waals surface area contributed by atoms with Gasteiger partial charge in [0.05, 0.1) is 19.8 Å². The first kappa shape index (κ1) is 29.3. The van der Waals surface area contributed by atoms with Crippen molar-refractivity contribution in [2.45, 2.75) is 83.5 Å². The van der Waals surface area contributed by atoms with Crippen molar-refractivity contribution in [2.24, 2.45) is 5.92 Å². The summed E-state index contributed by atoms with van der Waals surface area (Å²) in [5.74, 6) is 3.54. The molecular formula is C33H48O4. The Bertz CT molecular complexity index is 934. The number of aryl methyl sites for hydroxylation is 1. The van der Waals surface area contributed by atoms with Crippen molar-refractivity contribution in [3.63, 3.8) is 0 Å². The maximum absolute atomic E-state index is 9.23. The highest BCUT2D eigenvalue weighted by atomic mass is 16.5. The van der Waals surface area contributed by atoms with Crippen LogP contribution in [-0.4, -0.2) is 38.6 Å². The van der Waals surface area contributed by atoms with E-state index in [-0.39, 0.29) is 12.5 Å². The van der Waals surface area contributed by atoms with Crippen LogP contribution >= 0.6 is 0 Å². The van der Waals surface area contributed by atoms with E-state index >= 15 is 0 Å². The van der Waals surface area contributed by atoms with E-state index in [1.807, 2.05) is 6.08 Å². The predicted octanol–water partition coefficient (Wildman–Crippen LogP) is 7.75. The number of hydrogen-bond donors (Lipinski definition) is 1. The van der Waals surface area contributed by atoms with Gasteiger partial charge < -0.3 is 19.3 Å². The van der Waals surface area contributed by atoms with Gasteiger partial charge in [-0.25, -0.2) is 0 Å². The molecule has 0 amide bonds. The van der Waals surface area contributed by atoms with Crippen molar-refractivity contribution in [1.82, 2.24) is 0 Å². The Morgan fingerprint density at radius 2 is 1.92 bits per heavy atom. The van der Waals surface area contributed by atoms with Crippen LogP contribution < -0.4 is 0 Å². The van der Waals surface area contributed by atoms with Gasteiger partial charge in [-0.1, -0.05) is 43.9 Å². The first-order chi connectivity index (χ1) is 18.1. The van der Waals surface area contributed by atoms with E-state index in [4.69, 9.17) is 14.2 Å². The summed E-state index contributed by atoms with van der Waals surface area (Å²) in [7, 11) is 1.69. The van der Waals surface area contributed by atoms with E-state index in [2.05, 4.69) is 56.9 Å². The molecule has 4 heteroatoms. The average molecular weight is 509 g/mol. The molecule has 1 fully saturated rings. The summed E-state index contributed by atoms with van der Waals surface area (Å²) in [6.45, 7) is 9.84. The molecule has 1 atom stereocenters. The topological polar surface area (TPSA) is 47.9 Å². The first-order valence-electron chi connectivity index (χ1n) is 14.3. The normalized spacial score (nSPS) is 22.0. The van der Waals surface area contributed by atoms with Crippen LogP contribution in [0.5, 0.6) is 0 Å². The van der Waals surface area contributed by atoms with Gasteiger partial charge in [0.2, 0.25) is 0 Å². The lowest BCUT2D eigenvalue weighted by Crippen LogP contribution is -2.15. The molecule has 0 saturated heterocycles. The lowest BCUT2D eigenvalue weighted by atomic mass is 9.75. The molecule has 1 unspecified atom stereocenters. The fraction of sp³-hybridized carbons (Fsp3) is 0.576. The Morgan fingerprint density at radius 3 is 2.62 bits per heavy atom. The second-order valence-electron chi connectivity index (χ2n) is 10.5. The minimum atomic E-state index is -0.00372. The maximum Gasteiger partial charge on any atom is 0.119 e. The number of methoxy groups -OCH3 is 1. The number of hydrogen-bond acceptors (Lipinski definition) is 4. The number of rotatable bonds is 15. The first-order valence-corrected chi connectivity index (χ1v) is 14.3. The molecule has 2 aliphatic rings. The molecule has 0 spiro atoms. The van der Waals surface area contributed by atoms with Crippen LogP contribution in [0.25, 0.3) is 0 Å². The summed E-state index contributed by atoms with van der Waals surface area (Å²) in [4.78, 5) is 0. The Balaban J connectivity index is 1.70. The maximum atomic E-state index is 9.23. The van der Waals surface area contributed by atoms with Gasteiger partial charge in [-0.3, -0.25) is 0 Å². The van der Waals surface area contributed by atoms with Crippen LogP contribution in [0, 0.1) is 5.92 Å². The Kier molecular flexibility index (Phi) is 12.5. The van der Waals surface area contributed by atoms with Crippen LogP contribution in [0.1, 0.15) is 93.7 Å². The van der Waals surface area contributed by atoms with E-state index in [0.717, 1.165) is 35.9 Å². The van der Waals surface area contributed by atoms with Crippen molar-refractivity contribution >= 4 is 0 Å². The lowest BCUT2D eigenvalue weighted by Gasteiger charge is -2.30. The van der Waals surface area contributed by atoms with E-state index < -0.39 is 0 Å². The molecule has 0 aromatic heterocycles. The van der Waals surface area contributed by atoms with E-state index in [1.54, 1.807) is 12.7 Å². The van der Waals surface area contributed by atoms with Gasteiger partial charge in [-0.15, -0.1) is 0 Å². The minimum Gasteiger partial charge on any atom is -0.495 e. The summed E-state index contributed by atoms with van der Waals surface area (Å²) in [6, 6.07) is 7.16. The van der Waals surface area contributed by atoms with Crippen LogP contribution in [0.15, 0.2) is 66.2 Å². The fourth-order valence-corrected chi connectivity index (χ4v) is 5.61. The molecule has 0 radical (unpaired) electrons. The zero-order valence-corrected chi connectivity index (χ0v) is 23.3. The lowest BCUT2D eigenvalue weighted by molar-refractivity contribution is 0.103. The molecule has 0 aliphatic heterocycles. The molecule has 3 rings (SSSR count). The van der Waals surface area contributed by atoms with Crippen molar-refractivity contribution in [3.8, 4) is 0 Å². The zero-order valence-electron chi connectivity index (χ0n) is 23.3. The summed E-state index contributed by atoms with van der Waals surface area (Å²) in [5.41, 5.74) is 5.15. The average Bonchev–Trinajstić information content (AvgIpc) is 2.93. The molecular weight excluding hydrogens is 460 g/mol. The number of ether oxygens (including phenoxy) is 3. The SMILES string of the molecule is C=C(CO)CCOC1=CC(c2ccc(C3CCC(CC/C=C/C)CC3)c(CC)c2)CC(OCCOC)=C1. The third-order valence-corrected chi connectivity index (χ3v) is 7.85. The minimum absolute atomic E-state index is 0.00372. The Morgan fingerprint density at radius 1 is 1.11 bits per heavy atom. The quantitative estimate of drug-likeness (QED) is 0.194. The van der Waals surface area contributed by atoms with Gasteiger partial charge in [0.1, 0.15) is 18.1 Å². The van der Waals surface area contributed by atoms with Gasteiger partial charge >= 0.3 is 0 Å². The number of allylic oxidation sites excluding steroid dienone is 5. The molecule has 204 valence electrons. The van der Waals surface area contributed by atoms with E-state index in [9.17, 15) is 5.11 Å². The molecule has 4 nitrogen and oxygen atoms in total. The standard InChI is InChI=1S/C33H48O4/c1-5-7-8-9-26-10-12-28(13-11-26)33-15-14-29(20-27(33)6-2)30-21-31(36-17-16-25(3)24-34)23-32(22-30)37-19-18-35-4/h5,7,14-15,20-21,23,26,28,30,34H,3,6,8-13,16-19,22,24H2,1-2,4H3/b7-5+. The molecule has 0 heterocycles. The Hall–Kier alpha value is -2.30. The van der Waals surface area contributed by atoms with Crippen LogP contribution in [0.4, 0.5) is 0 Å². The second kappa shape index (κ2) is 15.8. The summed E-state index contributed by atoms with van der Waals surface area (Å²) < 4.78 is 17.3. The monoisotopic (exact) mass is 508 g/mol. The molecule has 1 N–H and O–H groups in total. The molecule has 37 heavy (non-hydrogen) atoms. The Labute approximate surface area is 225 Å². The number of aliphatic hydroxyl groups is 1. The number of benzene rings is 1. The highest BCUT2D eigenvalue weighted by Gasteiger charge is 2.25. The molecule has 1 aromatic rings. The zero-order chi connectivity index (χ0) is 26.5. The second-order valence-corrected chi connectivity index (χ2v) is 10.5. The van der Waals surface area contributed by atoms with Gasteiger partial charge in [0, 0.05) is 31.9 Å². The van der Waals surface area contributed by atoms with Gasteiger partial charge in [-0.2, -0.15) is 0 Å². The smallest absolute Gasteiger partial charge is 0.119 e. The molecule has 1 aromatic carbocycles. The van der Waals surface area contributed by atoms with Crippen LogP contribution in [0.3, 0.4) is 0 Å².